The highest BCUT2D eigenvalue weighted by Crippen LogP contribution is 2.36. The van der Waals surface area contributed by atoms with Gasteiger partial charge in [0.1, 0.15) is 5.82 Å². The van der Waals surface area contributed by atoms with Gasteiger partial charge in [0.05, 0.1) is 23.0 Å². The van der Waals surface area contributed by atoms with Gasteiger partial charge in [-0.1, -0.05) is 25.4 Å². The summed E-state index contributed by atoms with van der Waals surface area (Å²) in [4.78, 5) is 18.5. The summed E-state index contributed by atoms with van der Waals surface area (Å²) in [5.41, 5.74) is 8.69. The van der Waals surface area contributed by atoms with Crippen molar-refractivity contribution in [3.63, 3.8) is 0 Å². The van der Waals surface area contributed by atoms with Crippen molar-refractivity contribution in [1.29, 1.82) is 0 Å². The number of nitrogens with zero attached hydrogens (tertiary/aromatic N) is 3. The Morgan fingerprint density at radius 2 is 2.22 bits per heavy atom. The highest BCUT2D eigenvalue weighted by molar-refractivity contribution is 8.02. The average molecular weight is 407 g/mol. The summed E-state index contributed by atoms with van der Waals surface area (Å²) >= 11 is 8.03. The van der Waals surface area contributed by atoms with E-state index in [2.05, 4.69) is 35.6 Å². The number of amides is 1. The number of allylic oxidation sites excluding steroid dienone is 1. The lowest BCUT2D eigenvalue weighted by atomic mass is 10.0. The van der Waals surface area contributed by atoms with Gasteiger partial charge in [-0.25, -0.2) is 4.98 Å². The second-order valence-corrected chi connectivity index (χ2v) is 8.89. The maximum Gasteiger partial charge on any atom is 0.217 e. The third-order valence-corrected chi connectivity index (χ3v) is 6.16. The molecule has 0 aliphatic carbocycles. The van der Waals surface area contributed by atoms with Gasteiger partial charge >= 0.3 is 0 Å². The molecule has 0 spiro atoms. The van der Waals surface area contributed by atoms with Crippen LogP contribution in [0.5, 0.6) is 0 Å². The van der Waals surface area contributed by atoms with Crippen LogP contribution >= 0.6 is 23.4 Å². The van der Waals surface area contributed by atoms with Gasteiger partial charge in [-0.2, -0.15) is 0 Å². The summed E-state index contributed by atoms with van der Waals surface area (Å²) < 4.78 is 2.28. The van der Waals surface area contributed by atoms with Crippen molar-refractivity contribution < 1.29 is 4.79 Å². The van der Waals surface area contributed by atoms with Crippen LogP contribution in [0.15, 0.2) is 29.3 Å². The quantitative estimate of drug-likeness (QED) is 0.687. The normalized spacial score (nSPS) is 18.1. The minimum atomic E-state index is -0.241. The molecule has 2 aromatic rings. The summed E-state index contributed by atoms with van der Waals surface area (Å²) in [6.07, 6.45) is 2.30. The number of halogens is 1. The van der Waals surface area contributed by atoms with Crippen LogP contribution in [0.2, 0.25) is 5.02 Å². The zero-order valence-electron chi connectivity index (χ0n) is 16.1. The van der Waals surface area contributed by atoms with Crippen LogP contribution < -0.4 is 5.73 Å². The van der Waals surface area contributed by atoms with Crippen molar-refractivity contribution >= 4 is 40.3 Å². The molecule has 3 rings (SSSR count). The first kappa shape index (κ1) is 20.1. The number of carbonyl (C=O) groups is 1. The number of carbonyl (C=O) groups excluding carboxylic acids is 1. The molecular weight excluding hydrogens is 380 g/mol. The van der Waals surface area contributed by atoms with E-state index in [0.717, 1.165) is 47.8 Å². The molecule has 1 aliphatic heterocycles. The first-order valence-electron chi connectivity index (χ1n) is 9.43. The van der Waals surface area contributed by atoms with Crippen molar-refractivity contribution in [3.8, 4) is 0 Å². The Kier molecular flexibility index (Phi) is 6.37. The van der Waals surface area contributed by atoms with E-state index in [0.29, 0.717) is 11.8 Å². The lowest BCUT2D eigenvalue weighted by molar-refractivity contribution is -0.118. The number of thioether (sulfide) groups is 1. The lowest BCUT2D eigenvalue weighted by Crippen LogP contribution is -2.28. The summed E-state index contributed by atoms with van der Waals surface area (Å²) in [6.45, 7) is 8.11. The van der Waals surface area contributed by atoms with Gasteiger partial charge < -0.3 is 15.2 Å². The molecule has 0 fully saturated rings. The van der Waals surface area contributed by atoms with Crippen LogP contribution in [0.25, 0.3) is 11.0 Å². The summed E-state index contributed by atoms with van der Waals surface area (Å²) in [6, 6.07) is 5.88. The van der Waals surface area contributed by atoms with Gasteiger partial charge in [-0.15, -0.1) is 11.8 Å². The minimum absolute atomic E-state index is 0.232. The van der Waals surface area contributed by atoms with Gasteiger partial charge in [0.2, 0.25) is 5.91 Å². The van der Waals surface area contributed by atoms with Crippen LogP contribution in [0.3, 0.4) is 0 Å². The van der Waals surface area contributed by atoms with E-state index in [1.165, 1.54) is 5.70 Å². The Morgan fingerprint density at radius 3 is 2.93 bits per heavy atom. The molecule has 0 radical (unpaired) electrons. The van der Waals surface area contributed by atoms with Gasteiger partial charge in [0.15, 0.2) is 0 Å². The Labute approximate surface area is 169 Å². The van der Waals surface area contributed by atoms with Crippen molar-refractivity contribution in [1.82, 2.24) is 14.5 Å². The SMILES string of the molecule is CCCn1c(CN2C(CC(C)CC(N)=O)=CSC2C)nc2ccc(Cl)cc21. The van der Waals surface area contributed by atoms with E-state index < -0.39 is 0 Å². The van der Waals surface area contributed by atoms with Gasteiger partial charge in [-0.05, 0) is 49.3 Å². The molecule has 7 heteroatoms. The lowest BCUT2D eigenvalue weighted by Gasteiger charge is -2.28. The Balaban J connectivity index is 1.85. The zero-order chi connectivity index (χ0) is 19.6. The fraction of sp³-hybridized carbons (Fsp3) is 0.500. The van der Waals surface area contributed by atoms with Crippen LogP contribution in [0.1, 0.15) is 45.9 Å². The number of aromatic nitrogens is 2. The number of benzene rings is 1. The predicted octanol–water partition coefficient (Wildman–Crippen LogP) is 4.74. The molecule has 0 bridgehead atoms. The van der Waals surface area contributed by atoms with Crippen LogP contribution in [-0.2, 0) is 17.9 Å². The van der Waals surface area contributed by atoms with E-state index in [1.54, 1.807) is 0 Å². The first-order valence-corrected chi connectivity index (χ1v) is 10.7. The molecule has 5 nitrogen and oxygen atoms in total. The molecular formula is C20H27ClN4OS. The number of aryl methyl sites for hydroxylation is 1. The van der Waals surface area contributed by atoms with E-state index in [-0.39, 0.29) is 11.8 Å². The van der Waals surface area contributed by atoms with Crippen LogP contribution in [-0.4, -0.2) is 25.7 Å². The second kappa shape index (κ2) is 8.57. The van der Waals surface area contributed by atoms with E-state index >= 15 is 0 Å². The molecule has 1 aliphatic rings. The fourth-order valence-electron chi connectivity index (χ4n) is 3.61. The average Bonchev–Trinajstić information content (AvgIpc) is 3.10. The third kappa shape index (κ3) is 4.61. The molecule has 27 heavy (non-hydrogen) atoms. The molecule has 1 amide bonds. The minimum Gasteiger partial charge on any atom is -0.370 e. The molecule has 0 saturated heterocycles. The van der Waals surface area contributed by atoms with Crippen LogP contribution in [0.4, 0.5) is 0 Å². The van der Waals surface area contributed by atoms with Crippen molar-refractivity contribution in [2.75, 3.05) is 0 Å². The van der Waals surface area contributed by atoms with Gasteiger partial charge in [-0.3, -0.25) is 4.79 Å². The number of hydrogen-bond donors (Lipinski definition) is 1. The predicted molar refractivity (Wildman–Crippen MR) is 113 cm³/mol. The standard InChI is InChI=1S/C20H27ClN4OS/c1-4-7-24-18-10-15(21)5-6-17(18)23-20(24)11-25-14(3)27-12-16(25)8-13(2)9-19(22)26/h5-6,10,12-14H,4,7-9,11H2,1-3H3,(H2,22,26). The number of nitrogens with two attached hydrogens (primary N) is 1. The smallest absolute Gasteiger partial charge is 0.217 e. The monoisotopic (exact) mass is 406 g/mol. The number of primary amides is 1. The molecule has 0 saturated carbocycles. The number of hydrogen-bond acceptors (Lipinski definition) is 4. The molecule has 2 heterocycles. The summed E-state index contributed by atoms with van der Waals surface area (Å²) in [5.74, 6) is 1.04. The van der Waals surface area contributed by atoms with E-state index in [1.807, 2.05) is 30.0 Å². The Bertz CT molecular complexity index is 863. The van der Waals surface area contributed by atoms with Crippen molar-refractivity contribution in [2.45, 2.75) is 58.5 Å². The summed E-state index contributed by atoms with van der Waals surface area (Å²) in [5, 5.41) is 3.29. The summed E-state index contributed by atoms with van der Waals surface area (Å²) in [7, 11) is 0. The largest absolute Gasteiger partial charge is 0.370 e. The molecule has 146 valence electrons. The Hall–Kier alpha value is -1.66. The van der Waals surface area contributed by atoms with Gasteiger partial charge in [0.25, 0.3) is 0 Å². The van der Waals surface area contributed by atoms with E-state index in [9.17, 15) is 4.79 Å². The number of imidazole rings is 1. The Morgan fingerprint density at radius 1 is 1.44 bits per heavy atom. The highest BCUT2D eigenvalue weighted by atomic mass is 35.5. The maximum atomic E-state index is 11.2. The van der Waals surface area contributed by atoms with Crippen molar-refractivity contribution in [2.24, 2.45) is 11.7 Å². The molecule has 2 N–H and O–H groups in total. The molecule has 1 aromatic heterocycles. The van der Waals surface area contributed by atoms with Crippen molar-refractivity contribution in [3.05, 3.63) is 40.2 Å². The van der Waals surface area contributed by atoms with Gasteiger partial charge in [0, 0.05) is 23.7 Å². The van der Waals surface area contributed by atoms with E-state index in [4.69, 9.17) is 22.3 Å². The highest BCUT2D eigenvalue weighted by Gasteiger charge is 2.26. The molecule has 2 unspecified atom stereocenters. The molecule has 2 atom stereocenters. The first-order chi connectivity index (χ1) is 12.9. The zero-order valence-corrected chi connectivity index (χ0v) is 17.7. The number of fused-ring (bicyclic) bond motifs is 1. The topological polar surface area (TPSA) is 64.2 Å². The molecule has 1 aromatic carbocycles. The fourth-order valence-corrected chi connectivity index (χ4v) is 4.72. The number of rotatable bonds is 8. The third-order valence-electron chi connectivity index (χ3n) is 4.86. The van der Waals surface area contributed by atoms with Crippen LogP contribution in [0, 0.1) is 5.92 Å². The second-order valence-electron chi connectivity index (χ2n) is 7.26. The maximum absolute atomic E-state index is 11.2.